The Morgan fingerprint density at radius 1 is 1.42 bits per heavy atom. The van der Waals surface area contributed by atoms with E-state index in [1.807, 2.05) is 6.92 Å². The number of nitrogens with zero attached hydrogens (tertiary/aromatic N) is 4. The Balaban J connectivity index is 1.67. The number of hydrogen-bond acceptors (Lipinski definition) is 3. The van der Waals surface area contributed by atoms with E-state index < -0.39 is 11.9 Å². The minimum absolute atomic E-state index is 0.0663. The normalized spacial score (nSPS) is 18.8. The van der Waals surface area contributed by atoms with E-state index >= 15 is 0 Å². The average Bonchev–Trinajstić information content (AvgIpc) is 3.17. The minimum Gasteiger partial charge on any atom is -0.340 e. The van der Waals surface area contributed by atoms with Gasteiger partial charge in [0.1, 0.15) is 23.9 Å². The zero-order valence-corrected chi connectivity index (χ0v) is 13.2. The van der Waals surface area contributed by atoms with Gasteiger partial charge in [-0.25, -0.2) is 9.97 Å². The number of nitrogens with one attached hydrogen (secondary N) is 1. The van der Waals surface area contributed by atoms with Crippen LogP contribution in [0.2, 0.25) is 0 Å². The van der Waals surface area contributed by atoms with Gasteiger partial charge in [-0.15, -0.1) is 0 Å². The fraction of sp³-hybridized carbons (Fsp3) is 0.533. The maximum absolute atomic E-state index is 12.7. The number of aryl methyl sites for hydroxylation is 1. The molecule has 1 aliphatic heterocycles. The Labute approximate surface area is 136 Å². The number of rotatable bonds is 3. The van der Waals surface area contributed by atoms with Crippen LogP contribution in [0.15, 0.2) is 18.6 Å². The molecule has 9 heteroatoms. The minimum atomic E-state index is -4.44. The molecule has 2 aromatic rings. The van der Waals surface area contributed by atoms with Gasteiger partial charge in [0.15, 0.2) is 0 Å². The van der Waals surface area contributed by atoms with E-state index in [-0.39, 0.29) is 18.4 Å². The van der Waals surface area contributed by atoms with Crippen molar-refractivity contribution in [2.24, 2.45) is 0 Å². The zero-order valence-electron chi connectivity index (χ0n) is 13.2. The summed E-state index contributed by atoms with van der Waals surface area (Å²) < 4.78 is 39.8. The zero-order chi connectivity index (χ0) is 17.3. The van der Waals surface area contributed by atoms with Gasteiger partial charge in [-0.05, 0) is 19.8 Å². The molecule has 1 aliphatic rings. The van der Waals surface area contributed by atoms with Crippen LogP contribution in [0.3, 0.4) is 0 Å². The number of aromatic nitrogens is 4. The largest absolute Gasteiger partial charge is 0.432 e. The van der Waals surface area contributed by atoms with Crippen molar-refractivity contribution >= 4 is 5.91 Å². The molecule has 130 valence electrons. The van der Waals surface area contributed by atoms with Crippen LogP contribution >= 0.6 is 0 Å². The van der Waals surface area contributed by atoms with E-state index in [4.69, 9.17) is 0 Å². The molecule has 1 N–H and O–H groups in total. The third-order valence-corrected chi connectivity index (χ3v) is 4.29. The van der Waals surface area contributed by atoms with Crippen LogP contribution in [0.4, 0.5) is 13.2 Å². The van der Waals surface area contributed by atoms with Crippen molar-refractivity contribution in [3.8, 4) is 0 Å². The van der Waals surface area contributed by atoms with Crippen molar-refractivity contribution in [2.75, 3.05) is 13.1 Å². The molecule has 1 unspecified atom stereocenters. The first kappa shape index (κ1) is 16.5. The SMILES string of the molecule is Cc1nccn1CC(=O)N1CCCC(c2ncc(C(F)(F)F)[nH]2)C1. The fourth-order valence-electron chi connectivity index (χ4n) is 2.93. The van der Waals surface area contributed by atoms with Crippen molar-refractivity contribution in [3.63, 3.8) is 0 Å². The molecule has 3 rings (SSSR count). The molecule has 0 radical (unpaired) electrons. The monoisotopic (exact) mass is 341 g/mol. The summed E-state index contributed by atoms with van der Waals surface area (Å²) in [4.78, 5) is 24.4. The van der Waals surface area contributed by atoms with E-state index in [1.54, 1.807) is 21.9 Å². The number of carbonyl (C=O) groups is 1. The molecule has 0 aliphatic carbocycles. The second-order valence-electron chi connectivity index (χ2n) is 5.96. The van der Waals surface area contributed by atoms with E-state index in [2.05, 4.69) is 15.0 Å². The Morgan fingerprint density at radius 3 is 2.83 bits per heavy atom. The summed E-state index contributed by atoms with van der Waals surface area (Å²) in [5, 5.41) is 0. The molecule has 1 saturated heterocycles. The molecule has 0 aromatic carbocycles. The van der Waals surface area contributed by atoms with Gasteiger partial charge in [-0.3, -0.25) is 4.79 Å². The molecule has 1 atom stereocenters. The van der Waals surface area contributed by atoms with Crippen molar-refractivity contribution < 1.29 is 18.0 Å². The maximum atomic E-state index is 12.7. The van der Waals surface area contributed by atoms with Gasteiger partial charge in [0.2, 0.25) is 5.91 Å². The number of carbonyl (C=O) groups excluding carboxylic acids is 1. The Hall–Kier alpha value is -2.32. The summed E-state index contributed by atoms with van der Waals surface area (Å²) in [5.74, 6) is 0.766. The van der Waals surface area contributed by atoms with Crippen LogP contribution in [0.1, 0.15) is 36.1 Å². The van der Waals surface area contributed by atoms with E-state index in [9.17, 15) is 18.0 Å². The van der Waals surface area contributed by atoms with Gasteiger partial charge in [0, 0.05) is 31.4 Å². The third kappa shape index (κ3) is 3.44. The number of aromatic amines is 1. The number of amides is 1. The smallest absolute Gasteiger partial charge is 0.340 e. The molecule has 24 heavy (non-hydrogen) atoms. The molecule has 0 bridgehead atoms. The Morgan fingerprint density at radius 2 is 2.21 bits per heavy atom. The summed E-state index contributed by atoms with van der Waals surface area (Å²) in [7, 11) is 0. The van der Waals surface area contributed by atoms with E-state index in [0.717, 1.165) is 18.4 Å². The topological polar surface area (TPSA) is 66.8 Å². The number of halogens is 3. The van der Waals surface area contributed by atoms with Crippen LogP contribution in [-0.2, 0) is 17.5 Å². The molecule has 0 spiro atoms. The van der Waals surface area contributed by atoms with Crippen molar-refractivity contribution in [3.05, 3.63) is 35.9 Å². The highest BCUT2D eigenvalue weighted by Crippen LogP contribution is 2.31. The lowest BCUT2D eigenvalue weighted by Gasteiger charge is -2.32. The second-order valence-corrected chi connectivity index (χ2v) is 5.96. The highest BCUT2D eigenvalue weighted by molar-refractivity contribution is 5.76. The van der Waals surface area contributed by atoms with Crippen molar-refractivity contribution in [1.29, 1.82) is 0 Å². The predicted octanol–water partition coefficient (Wildman–Crippen LogP) is 2.34. The molecular formula is C15H18F3N5O. The fourth-order valence-corrected chi connectivity index (χ4v) is 2.93. The number of hydrogen-bond donors (Lipinski definition) is 1. The van der Waals surface area contributed by atoms with Gasteiger partial charge in [-0.2, -0.15) is 13.2 Å². The third-order valence-electron chi connectivity index (χ3n) is 4.29. The number of imidazole rings is 2. The molecule has 0 saturated carbocycles. The first-order valence-corrected chi connectivity index (χ1v) is 7.72. The quantitative estimate of drug-likeness (QED) is 0.932. The lowest BCUT2D eigenvalue weighted by molar-refractivity contribution is -0.141. The summed E-state index contributed by atoms with van der Waals surface area (Å²) >= 11 is 0. The first-order valence-electron chi connectivity index (χ1n) is 7.72. The predicted molar refractivity (Wildman–Crippen MR) is 79.1 cm³/mol. The maximum Gasteiger partial charge on any atom is 0.432 e. The molecule has 2 aromatic heterocycles. The van der Waals surface area contributed by atoms with Crippen LogP contribution < -0.4 is 0 Å². The molecule has 6 nitrogen and oxygen atoms in total. The summed E-state index contributed by atoms with van der Waals surface area (Å²) in [6.45, 7) is 2.98. The van der Waals surface area contributed by atoms with Crippen molar-refractivity contribution in [2.45, 2.75) is 38.4 Å². The van der Waals surface area contributed by atoms with Crippen LogP contribution in [0, 0.1) is 6.92 Å². The second kappa shape index (κ2) is 6.29. The van der Waals surface area contributed by atoms with Gasteiger partial charge in [0.05, 0.1) is 6.20 Å². The molecule has 3 heterocycles. The lowest BCUT2D eigenvalue weighted by Crippen LogP contribution is -2.41. The molecular weight excluding hydrogens is 323 g/mol. The summed E-state index contributed by atoms with van der Waals surface area (Å²) in [6, 6.07) is 0. The standard InChI is InChI=1S/C15H18F3N5O/c1-10-19-4-6-22(10)9-13(24)23-5-2-3-11(8-23)14-20-7-12(21-14)15(16,17)18/h4,6-7,11H,2-3,5,8-9H2,1H3,(H,20,21). The first-order chi connectivity index (χ1) is 11.3. The number of likely N-dealkylation sites (tertiary alicyclic amines) is 1. The number of piperidine rings is 1. The number of alkyl halides is 3. The number of H-pyrrole nitrogens is 1. The Bertz CT molecular complexity index is 721. The van der Waals surface area contributed by atoms with Crippen LogP contribution in [0.25, 0.3) is 0 Å². The van der Waals surface area contributed by atoms with E-state index in [0.29, 0.717) is 25.3 Å². The Kier molecular flexibility index (Phi) is 4.33. The summed E-state index contributed by atoms with van der Waals surface area (Å²) in [5.41, 5.74) is -0.852. The van der Waals surface area contributed by atoms with Crippen molar-refractivity contribution in [1.82, 2.24) is 24.4 Å². The molecule has 1 fully saturated rings. The highest BCUT2D eigenvalue weighted by Gasteiger charge is 2.34. The van der Waals surface area contributed by atoms with Gasteiger partial charge in [0.25, 0.3) is 0 Å². The highest BCUT2D eigenvalue weighted by atomic mass is 19.4. The summed E-state index contributed by atoms with van der Waals surface area (Å²) in [6.07, 6.45) is 1.18. The lowest BCUT2D eigenvalue weighted by atomic mass is 9.97. The van der Waals surface area contributed by atoms with Crippen LogP contribution in [-0.4, -0.2) is 43.4 Å². The molecule has 1 amide bonds. The van der Waals surface area contributed by atoms with Gasteiger partial charge < -0.3 is 14.5 Å². The van der Waals surface area contributed by atoms with Crippen LogP contribution in [0.5, 0.6) is 0 Å². The van der Waals surface area contributed by atoms with Gasteiger partial charge >= 0.3 is 6.18 Å². The average molecular weight is 341 g/mol. The van der Waals surface area contributed by atoms with Gasteiger partial charge in [-0.1, -0.05) is 0 Å². The van der Waals surface area contributed by atoms with E-state index in [1.165, 1.54) is 0 Å².